The second-order valence-electron chi connectivity index (χ2n) is 8.52. The van der Waals surface area contributed by atoms with Crippen molar-refractivity contribution in [3.63, 3.8) is 0 Å². The third-order valence-electron chi connectivity index (χ3n) is 6.11. The van der Waals surface area contributed by atoms with Crippen LogP contribution in [0.15, 0.2) is 71.4 Å². The molecule has 0 spiro atoms. The van der Waals surface area contributed by atoms with Crippen molar-refractivity contribution < 1.29 is 4.79 Å². The molecule has 1 unspecified atom stereocenters. The molecule has 1 saturated heterocycles. The quantitative estimate of drug-likeness (QED) is 0.574. The van der Waals surface area contributed by atoms with Crippen LogP contribution in [0.4, 0.5) is 5.69 Å². The van der Waals surface area contributed by atoms with E-state index in [4.69, 9.17) is 0 Å². The van der Waals surface area contributed by atoms with Crippen molar-refractivity contribution in [1.82, 2.24) is 10.2 Å². The summed E-state index contributed by atoms with van der Waals surface area (Å²) in [4.78, 5) is 17.7. The first kappa shape index (κ1) is 21.6. The minimum absolute atomic E-state index is 0.0757. The van der Waals surface area contributed by atoms with Crippen LogP contribution >= 0.6 is 11.3 Å². The van der Waals surface area contributed by atoms with E-state index in [2.05, 4.69) is 82.4 Å². The average molecular weight is 434 g/mol. The minimum atomic E-state index is -0.0757. The van der Waals surface area contributed by atoms with Crippen LogP contribution in [0.5, 0.6) is 0 Å². The van der Waals surface area contributed by atoms with E-state index in [0.29, 0.717) is 0 Å². The van der Waals surface area contributed by atoms with E-state index < -0.39 is 0 Å². The Bertz CT molecular complexity index is 946. The summed E-state index contributed by atoms with van der Waals surface area (Å²) in [7, 11) is 4.12. The lowest BCUT2D eigenvalue weighted by atomic mass is 9.93. The van der Waals surface area contributed by atoms with Gasteiger partial charge in [-0.2, -0.15) is 11.3 Å². The van der Waals surface area contributed by atoms with Crippen molar-refractivity contribution in [1.29, 1.82) is 0 Å². The zero-order chi connectivity index (χ0) is 21.6. The molecule has 1 amide bonds. The highest BCUT2D eigenvalue weighted by atomic mass is 32.1. The molecular formula is C26H31N3OS. The fourth-order valence-electron chi connectivity index (χ4n) is 4.21. The molecule has 1 atom stereocenters. The highest BCUT2D eigenvalue weighted by Gasteiger charge is 2.27. The van der Waals surface area contributed by atoms with Gasteiger partial charge in [-0.05, 0) is 71.6 Å². The van der Waals surface area contributed by atoms with Crippen molar-refractivity contribution >= 4 is 22.9 Å². The first-order valence-electron chi connectivity index (χ1n) is 11.0. The summed E-state index contributed by atoms with van der Waals surface area (Å²) < 4.78 is 0. The summed E-state index contributed by atoms with van der Waals surface area (Å²) in [5, 5.41) is 7.53. The van der Waals surface area contributed by atoms with Crippen LogP contribution in [0.2, 0.25) is 0 Å². The van der Waals surface area contributed by atoms with Gasteiger partial charge in [0.1, 0.15) is 0 Å². The molecule has 31 heavy (non-hydrogen) atoms. The Balaban J connectivity index is 1.33. The molecule has 1 fully saturated rings. The van der Waals surface area contributed by atoms with Crippen LogP contribution in [0.1, 0.15) is 35.6 Å². The van der Waals surface area contributed by atoms with Crippen LogP contribution in [-0.2, 0) is 11.3 Å². The molecule has 2 heterocycles. The van der Waals surface area contributed by atoms with Crippen LogP contribution in [0.25, 0.3) is 0 Å². The summed E-state index contributed by atoms with van der Waals surface area (Å²) in [6.07, 6.45) is 1.82. The van der Waals surface area contributed by atoms with Crippen molar-refractivity contribution in [3.05, 3.63) is 88.1 Å². The summed E-state index contributed by atoms with van der Waals surface area (Å²) in [5.74, 6) is 0.257. The van der Waals surface area contributed by atoms with Gasteiger partial charge in [-0.3, -0.25) is 9.69 Å². The summed E-state index contributed by atoms with van der Waals surface area (Å²) in [5.41, 5.74) is 4.84. The molecule has 4 nitrogen and oxygen atoms in total. The number of piperidine rings is 1. The van der Waals surface area contributed by atoms with Crippen LogP contribution in [-0.4, -0.2) is 38.0 Å². The highest BCUT2D eigenvalue weighted by Crippen LogP contribution is 2.26. The van der Waals surface area contributed by atoms with Gasteiger partial charge in [-0.1, -0.05) is 42.5 Å². The lowest BCUT2D eigenvalue weighted by Gasteiger charge is -2.32. The zero-order valence-electron chi connectivity index (χ0n) is 18.3. The maximum Gasteiger partial charge on any atom is 0.223 e. The molecule has 4 rings (SSSR count). The SMILES string of the molecule is CN(C)c1ccc(CN2CCC(C(=O)NC(c3ccccc3)c3ccsc3)CC2)cc1. The summed E-state index contributed by atoms with van der Waals surface area (Å²) >= 11 is 1.67. The van der Waals surface area contributed by atoms with Gasteiger partial charge in [-0.15, -0.1) is 0 Å². The van der Waals surface area contributed by atoms with E-state index in [1.807, 2.05) is 18.2 Å². The second-order valence-corrected chi connectivity index (χ2v) is 9.30. The molecule has 0 saturated carbocycles. The number of hydrogen-bond acceptors (Lipinski definition) is 4. The third-order valence-corrected chi connectivity index (χ3v) is 6.81. The molecule has 0 aliphatic carbocycles. The standard InChI is InChI=1S/C26H31N3OS/c1-28(2)24-10-8-20(9-11-24)18-29-15-12-22(13-16-29)26(30)27-25(23-14-17-31-19-23)21-6-4-3-5-7-21/h3-11,14,17,19,22,25H,12-13,15-16,18H2,1-2H3,(H,27,30). The molecule has 5 heteroatoms. The smallest absolute Gasteiger partial charge is 0.223 e. The maximum atomic E-state index is 13.1. The van der Waals surface area contributed by atoms with Crippen molar-refractivity contribution in [2.45, 2.75) is 25.4 Å². The molecule has 1 aromatic heterocycles. The van der Waals surface area contributed by atoms with E-state index in [-0.39, 0.29) is 17.9 Å². The minimum Gasteiger partial charge on any atom is -0.378 e. The average Bonchev–Trinajstić information content (AvgIpc) is 3.33. The molecular weight excluding hydrogens is 402 g/mol. The van der Waals surface area contributed by atoms with Gasteiger partial charge in [-0.25, -0.2) is 0 Å². The Hall–Kier alpha value is -2.63. The van der Waals surface area contributed by atoms with Gasteiger partial charge in [0.25, 0.3) is 0 Å². The number of rotatable bonds is 7. The van der Waals surface area contributed by atoms with Gasteiger partial charge < -0.3 is 10.2 Å². The Labute approximate surface area is 189 Å². The number of carbonyl (C=O) groups is 1. The van der Waals surface area contributed by atoms with Gasteiger partial charge in [0.2, 0.25) is 5.91 Å². The van der Waals surface area contributed by atoms with E-state index in [9.17, 15) is 4.79 Å². The van der Waals surface area contributed by atoms with Crippen LogP contribution < -0.4 is 10.2 Å². The highest BCUT2D eigenvalue weighted by molar-refractivity contribution is 7.08. The number of nitrogens with one attached hydrogen (secondary N) is 1. The first-order chi connectivity index (χ1) is 15.1. The monoisotopic (exact) mass is 433 g/mol. The number of hydrogen-bond donors (Lipinski definition) is 1. The molecule has 3 aromatic rings. The molecule has 0 radical (unpaired) electrons. The number of anilines is 1. The summed E-state index contributed by atoms with van der Waals surface area (Å²) in [6, 6.07) is 21.0. The number of benzene rings is 2. The lowest BCUT2D eigenvalue weighted by Crippen LogP contribution is -2.41. The van der Waals surface area contributed by atoms with Gasteiger partial charge in [0, 0.05) is 32.2 Å². The maximum absolute atomic E-state index is 13.1. The predicted octanol–water partition coefficient (Wildman–Crippen LogP) is 4.93. The molecule has 1 N–H and O–H groups in total. The second kappa shape index (κ2) is 10.1. The van der Waals surface area contributed by atoms with Gasteiger partial charge in [0.15, 0.2) is 0 Å². The van der Waals surface area contributed by atoms with E-state index >= 15 is 0 Å². The molecule has 0 bridgehead atoms. The molecule has 1 aliphatic heterocycles. The van der Waals surface area contributed by atoms with Crippen molar-refractivity contribution in [3.8, 4) is 0 Å². The van der Waals surface area contributed by atoms with Crippen LogP contribution in [0.3, 0.4) is 0 Å². The fourth-order valence-corrected chi connectivity index (χ4v) is 4.90. The van der Waals surface area contributed by atoms with E-state index in [1.165, 1.54) is 11.3 Å². The van der Waals surface area contributed by atoms with Crippen molar-refractivity contribution in [2.24, 2.45) is 5.92 Å². The zero-order valence-corrected chi connectivity index (χ0v) is 19.1. The van der Waals surface area contributed by atoms with Crippen LogP contribution in [0, 0.1) is 5.92 Å². The number of amides is 1. The summed E-state index contributed by atoms with van der Waals surface area (Å²) in [6.45, 7) is 2.87. The van der Waals surface area contributed by atoms with Crippen molar-refractivity contribution in [2.75, 3.05) is 32.1 Å². The Morgan fingerprint density at radius 1 is 1.03 bits per heavy atom. The molecule has 162 valence electrons. The number of carbonyl (C=O) groups excluding carboxylic acids is 1. The Morgan fingerprint density at radius 2 is 1.74 bits per heavy atom. The largest absolute Gasteiger partial charge is 0.378 e. The first-order valence-corrected chi connectivity index (χ1v) is 11.9. The molecule has 2 aromatic carbocycles. The van der Waals surface area contributed by atoms with E-state index in [0.717, 1.165) is 43.6 Å². The third kappa shape index (κ3) is 5.54. The topological polar surface area (TPSA) is 35.6 Å². The fraction of sp³-hybridized carbons (Fsp3) is 0.346. The predicted molar refractivity (Wildman–Crippen MR) is 130 cm³/mol. The van der Waals surface area contributed by atoms with E-state index in [1.54, 1.807) is 11.3 Å². The van der Waals surface area contributed by atoms with Gasteiger partial charge >= 0.3 is 0 Å². The normalized spacial score (nSPS) is 16.1. The molecule has 1 aliphatic rings. The lowest BCUT2D eigenvalue weighted by molar-refractivity contribution is -0.127. The number of thiophene rings is 1. The Kier molecular flexibility index (Phi) is 7.05. The Morgan fingerprint density at radius 3 is 2.35 bits per heavy atom. The number of likely N-dealkylation sites (tertiary alicyclic amines) is 1. The number of nitrogens with zero attached hydrogens (tertiary/aromatic N) is 2. The van der Waals surface area contributed by atoms with Gasteiger partial charge in [0.05, 0.1) is 6.04 Å².